The Morgan fingerprint density at radius 3 is 2.65 bits per heavy atom. The number of fused-ring (bicyclic) bond motifs is 2. The van der Waals surface area contributed by atoms with Crippen LogP contribution in [-0.4, -0.2) is 52.8 Å². The highest BCUT2D eigenvalue weighted by Crippen LogP contribution is 2.39. The summed E-state index contributed by atoms with van der Waals surface area (Å²) in [6.07, 6.45) is -4.55. The van der Waals surface area contributed by atoms with Crippen molar-refractivity contribution in [3.05, 3.63) is 60.0 Å². The van der Waals surface area contributed by atoms with Gasteiger partial charge in [-0.1, -0.05) is 36.4 Å². The first-order valence-electron chi connectivity index (χ1n) is 10.3. The summed E-state index contributed by atoms with van der Waals surface area (Å²) in [6, 6.07) is 14.3. The normalized spacial score (nSPS) is 24.1. The topological polar surface area (TPSA) is 61.3 Å². The van der Waals surface area contributed by atoms with E-state index in [-0.39, 0.29) is 36.0 Å². The van der Waals surface area contributed by atoms with Crippen molar-refractivity contribution in [1.29, 1.82) is 0 Å². The average Bonchev–Trinajstić information content (AvgIpc) is 3.29. The van der Waals surface area contributed by atoms with Gasteiger partial charge in [-0.25, -0.2) is 9.97 Å². The number of aromatic nitrogens is 2. The van der Waals surface area contributed by atoms with Crippen LogP contribution in [0, 0.1) is 11.3 Å². The summed E-state index contributed by atoms with van der Waals surface area (Å²) < 4.78 is 40.8. The summed E-state index contributed by atoms with van der Waals surface area (Å²) in [4.78, 5) is 10.4. The maximum atomic E-state index is 13.6. The number of benzene rings is 2. The van der Waals surface area contributed by atoms with Crippen LogP contribution < -0.4 is 5.32 Å². The van der Waals surface area contributed by atoms with Gasteiger partial charge in [0.15, 0.2) is 0 Å². The summed E-state index contributed by atoms with van der Waals surface area (Å²) in [5.41, 5.74) is -0.273. The summed E-state index contributed by atoms with van der Waals surface area (Å²) in [5.74, 6) is 0.433. The Labute approximate surface area is 177 Å². The molecule has 2 aliphatic heterocycles. The number of likely N-dealkylation sites (tertiary alicyclic amines) is 1. The molecule has 2 atom stereocenters. The molecule has 162 valence electrons. The van der Waals surface area contributed by atoms with E-state index >= 15 is 0 Å². The van der Waals surface area contributed by atoms with Crippen molar-refractivity contribution in [3.63, 3.8) is 0 Å². The summed E-state index contributed by atoms with van der Waals surface area (Å²) in [6.45, 7) is 3.14. The van der Waals surface area contributed by atoms with Crippen LogP contribution in [0.1, 0.15) is 11.5 Å². The Morgan fingerprint density at radius 1 is 1.10 bits per heavy atom. The molecular weight excluding hydrogens is 405 g/mol. The fraction of sp³-hybridized carbons (Fsp3) is 0.391. The van der Waals surface area contributed by atoms with Crippen molar-refractivity contribution < 1.29 is 18.3 Å². The highest BCUT2D eigenvalue weighted by atomic mass is 19.4. The van der Waals surface area contributed by atoms with Crippen LogP contribution in [0.2, 0.25) is 0 Å². The third-order valence-electron chi connectivity index (χ3n) is 6.54. The lowest BCUT2D eigenvalue weighted by Crippen LogP contribution is -2.36. The van der Waals surface area contributed by atoms with E-state index in [1.165, 1.54) is 0 Å². The second-order valence-corrected chi connectivity index (χ2v) is 8.63. The number of nitrogens with zero attached hydrogens (tertiary/aromatic N) is 3. The number of rotatable bonds is 4. The van der Waals surface area contributed by atoms with E-state index in [9.17, 15) is 18.3 Å². The number of halogens is 3. The van der Waals surface area contributed by atoms with E-state index in [1.54, 1.807) is 6.07 Å². The molecule has 2 unspecified atom stereocenters. The highest BCUT2D eigenvalue weighted by Gasteiger charge is 2.49. The monoisotopic (exact) mass is 428 g/mol. The van der Waals surface area contributed by atoms with Crippen molar-refractivity contribution in [2.24, 2.45) is 11.3 Å². The first-order chi connectivity index (χ1) is 14.9. The van der Waals surface area contributed by atoms with Gasteiger partial charge in [0.2, 0.25) is 0 Å². The summed E-state index contributed by atoms with van der Waals surface area (Å²) in [7, 11) is 0. The second kappa shape index (κ2) is 7.55. The molecule has 0 radical (unpaired) electrons. The summed E-state index contributed by atoms with van der Waals surface area (Å²) >= 11 is 0. The molecule has 1 aromatic heterocycles. The third-order valence-corrected chi connectivity index (χ3v) is 6.54. The van der Waals surface area contributed by atoms with E-state index in [2.05, 4.69) is 20.2 Å². The third kappa shape index (κ3) is 3.79. The first kappa shape index (κ1) is 20.4. The largest absolute Gasteiger partial charge is 0.433 e. The van der Waals surface area contributed by atoms with Crippen LogP contribution in [-0.2, 0) is 12.7 Å². The Balaban J connectivity index is 1.49. The van der Waals surface area contributed by atoms with Gasteiger partial charge in [-0.3, -0.25) is 4.90 Å². The van der Waals surface area contributed by atoms with Gasteiger partial charge in [0.1, 0.15) is 11.5 Å². The molecule has 2 fully saturated rings. The number of aliphatic hydroxyl groups is 1. The van der Waals surface area contributed by atoms with E-state index in [0.717, 1.165) is 29.9 Å². The smallest absolute Gasteiger partial charge is 0.396 e. The molecule has 2 aliphatic rings. The van der Waals surface area contributed by atoms with Gasteiger partial charge >= 0.3 is 6.18 Å². The quantitative estimate of drug-likeness (QED) is 0.668. The number of hydrogen-bond donors (Lipinski definition) is 2. The highest BCUT2D eigenvalue weighted by molar-refractivity contribution is 5.86. The minimum absolute atomic E-state index is 0.0625. The lowest BCUT2D eigenvalue weighted by Gasteiger charge is -2.25. The van der Waals surface area contributed by atoms with Crippen LogP contribution in [0.4, 0.5) is 13.2 Å². The Morgan fingerprint density at radius 2 is 1.90 bits per heavy atom. The molecule has 0 amide bonds. The van der Waals surface area contributed by atoms with Crippen LogP contribution in [0.15, 0.2) is 48.5 Å². The molecule has 2 saturated heterocycles. The van der Waals surface area contributed by atoms with E-state index in [4.69, 9.17) is 0 Å². The molecule has 31 heavy (non-hydrogen) atoms. The van der Waals surface area contributed by atoms with Gasteiger partial charge in [0.05, 0.1) is 18.8 Å². The van der Waals surface area contributed by atoms with Crippen LogP contribution in [0.25, 0.3) is 22.0 Å². The Kier molecular flexibility index (Phi) is 4.96. The molecule has 8 heteroatoms. The lowest BCUT2D eigenvalue weighted by atomic mass is 9.82. The molecular formula is C23H23F3N4O. The Bertz CT molecular complexity index is 1120. The maximum absolute atomic E-state index is 13.6. The van der Waals surface area contributed by atoms with Gasteiger partial charge in [-0.05, 0) is 35.4 Å². The average molecular weight is 428 g/mol. The number of alkyl halides is 3. The van der Waals surface area contributed by atoms with E-state index in [0.29, 0.717) is 18.7 Å². The second-order valence-electron chi connectivity index (χ2n) is 8.63. The minimum Gasteiger partial charge on any atom is -0.396 e. The predicted molar refractivity (Wildman–Crippen MR) is 111 cm³/mol. The molecule has 2 N–H and O–H groups in total. The molecule has 0 saturated carbocycles. The standard InChI is InChI=1S/C23H23F3N4O/c24-23(25,26)20-8-19(17-6-5-15-3-1-2-4-16(15)7-17)28-21(29-20)11-30-10-18-9-27-12-22(18,13-30)14-31/h1-8,18,27,31H,9-14H2. The zero-order valence-corrected chi connectivity index (χ0v) is 16.9. The molecule has 2 aromatic carbocycles. The van der Waals surface area contributed by atoms with Gasteiger partial charge < -0.3 is 10.4 Å². The molecule has 0 bridgehead atoms. The van der Waals surface area contributed by atoms with Gasteiger partial charge in [0, 0.05) is 30.6 Å². The van der Waals surface area contributed by atoms with E-state index < -0.39 is 11.9 Å². The van der Waals surface area contributed by atoms with Gasteiger partial charge in [-0.2, -0.15) is 13.2 Å². The van der Waals surface area contributed by atoms with Gasteiger partial charge in [0.25, 0.3) is 0 Å². The molecule has 0 spiro atoms. The van der Waals surface area contributed by atoms with Crippen molar-refractivity contribution in [3.8, 4) is 11.3 Å². The first-order valence-corrected chi connectivity index (χ1v) is 10.3. The van der Waals surface area contributed by atoms with Crippen molar-refractivity contribution in [2.45, 2.75) is 12.7 Å². The number of nitrogens with one attached hydrogen (secondary N) is 1. The predicted octanol–water partition coefficient (Wildman–Crippen LogP) is 3.33. The lowest BCUT2D eigenvalue weighted by molar-refractivity contribution is -0.141. The molecule has 5 rings (SSSR count). The van der Waals surface area contributed by atoms with Crippen LogP contribution in [0.5, 0.6) is 0 Å². The molecule has 5 nitrogen and oxygen atoms in total. The maximum Gasteiger partial charge on any atom is 0.433 e. The fourth-order valence-electron chi connectivity index (χ4n) is 4.89. The molecule has 3 aromatic rings. The van der Waals surface area contributed by atoms with Gasteiger partial charge in [-0.15, -0.1) is 0 Å². The van der Waals surface area contributed by atoms with Crippen LogP contribution in [0.3, 0.4) is 0 Å². The number of hydrogen-bond acceptors (Lipinski definition) is 5. The summed E-state index contributed by atoms with van der Waals surface area (Å²) in [5, 5.41) is 15.2. The molecule has 3 heterocycles. The minimum atomic E-state index is -4.55. The zero-order valence-electron chi connectivity index (χ0n) is 16.9. The Hall–Kier alpha value is -2.55. The van der Waals surface area contributed by atoms with Crippen LogP contribution >= 0.6 is 0 Å². The van der Waals surface area contributed by atoms with Crippen molar-refractivity contribution in [2.75, 3.05) is 32.8 Å². The molecule has 0 aliphatic carbocycles. The fourth-order valence-corrected chi connectivity index (χ4v) is 4.89. The van der Waals surface area contributed by atoms with E-state index in [1.807, 2.05) is 36.4 Å². The zero-order chi connectivity index (χ0) is 21.6. The van der Waals surface area contributed by atoms with Crippen molar-refractivity contribution in [1.82, 2.24) is 20.2 Å². The number of aliphatic hydroxyl groups excluding tert-OH is 1. The SMILES string of the molecule is OCC12CNCC1CN(Cc1nc(-c3ccc4ccccc4c3)cc(C(F)(F)F)n1)C2. The van der Waals surface area contributed by atoms with Crippen molar-refractivity contribution >= 4 is 10.8 Å².